The highest BCUT2D eigenvalue weighted by atomic mass is 15.1. The Labute approximate surface area is 93.5 Å². The third-order valence-electron chi connectivity index (χ3n) is 3.13. The molecule has 0 aromatic rings. The molecular formula is C12H23N3. The third kappa shape index (κ3) is 4.19. The zero-order valence-electron chi connectivity index (χ0n) is 10.00. The lowest BCUT2D eigenvalue weighted by atomic mass is 10.0. The Bertz CT molecular complexity index is 201. The van der Waals surface area contributed by atoms with Crippen LogP contribution in [0.1, 0.15) is 39.5 Å². The minimum atomic E-state index is 0.0488. The second-order valence-electron chi connectivity index (χ2n) is 4.37. The molecule has 3 nitrogen and oxygen atoms in total. The molecule has 0 saturated carbocycles. The van der Waals surface area contributed by atoms with E-state index < -0.39 is 0 Å². The zero-order valence-corrected chi connectivity index (χ0v) is 10.00. The number of nitrogens with one attached hydrogen (secondary N) is 1. The van der Waals surface area contributed by atoms with Gasteiger partial charge in [-0.05, 0) is 45.3 Å². The third-order valence-corrected chi connectivity index (χ3v) is 3.13. The number of likely N-dealkylation sites (tertiary alicyclic amines) is 1. The molecule has 0 bridgehead atoms. The molecule has 1 saturated heterocycles. The van der Waals surface area contributed by atoms with Gasteiger partial charge in [0.2, 0.25) is 0 Å². The minimum Gasteiger partial charge on any atom is -0.303 e. The quantitative estimate of drug-likeness (QED) is 0.750. The zero-order chi connectivity index (χ0) is 11.1. The van der Waals surface area contributed by atoms with Crippen LogP contribution in [0, 0.1) is 11.3 Å². The van der Waals surface area contributed by atoms with E-state index in [9.17, 15) is 0 Å². The van der Waals surface area contributed by atoms with Crippen LogP contribution in [0.3, 0.4) is 0 Å². The van der Waals surface area contributed by atoms with E-state index in [1.807, 2.05) is 0 Å². The Balaban J connectivity index is 2.22. The molecule has 1 fully saturated rings. The monoisotopic (exact) mass is 209 g/mol. The molecule has 1 aliphatic rings. The van der Waals surface area contributed by atoms with E-state index in [1.165, 1.54) is 38.9 Å². The highest BCUT2D eigenvalue weighted by Crippen LogP contribution is 2.11. The van der Waals surface area contributed by atoms with Crippen molar-refractivity contribution in [3.63, 3.8) is 0 Å². The predicted octanol–water partition coefficient (Wildman–Crippen LogP) is 1.75. The van der Waals surface area contributed by atoms with Crippen molar-refractivity contribution in [2.24, 2.45) is 0 Å². The first-order chi connectivity index (χ1) is 7.30. The second kappa shape index (κ2) is 6.81. The van der Waals surface area contributed by atoms with E-state index in [-0.39, 0.29) is 6.04 Å². The Morgan fingerprint density at radius 3 is 2.53 bits per heavy atom. The second-order valence-corrected chi connectivity index (χ2v) is 4.37. The van der Waals surface area contributed by atoms with Gasteiger partial charge < -0.3 is 4.90 Å². The molecule has 0 spiro atoms. The van der Waals surface area contributed by atoms with Crippen LogP contribution in [0.4, 0.5) is 0 Å². The Morgan fingerprint density at radius 1 is 1.40 bits per heavy atom. The van der Waals surface area contributed by atoms with Crippen LogP contribution in [0.5, 0.6) is 0 Å². The van der Waals surface area contributed by atoms with E-state index in [0.29, 0.717) is 6.04 Å². The number of nitriles is 1. The fraction of sp³-hybridized carbons (Fsp3) is 0.917. The van der Waals surface area contributed by atoms with Crippen molar-refractivity contribution in [2.45, 2.75) is 51.6 Å². The molecule has 15 heavy (non-hydrogen) atoms. The molecule has 1 N–H and O–H groups in total. The topological polar surface area (TPSA) is 39.1 Å². The largest absolute Gasteiger partial charge is 0.303 e. The SMILES string of the molecule is CCCN1CCC(NC(C#N)CC)CC1. The van der Waals surface area contributed by atoms with Crippen molar-refractivity contribution in [2.75, 3.05) is 19.6 Å². The van der Waals surface area contributed by atoms with Crippen LogP contribution in [-0.4, -0.2) is 36.6 Å². The van der Waals surface area contributed by atoms with Gasteiger partial charge in [0.15, 0.2) is 0 Å². The van der Waals surface area contributed by atoms with Gasteiger partial charge in [-0.15, -0.1) is 0 Å². The summed E-state index contributed by atoms with van der Waals surface area (Å²) in [6, 6.07) is 2.92. The molecular weight excluding hydrogens is 186 g/mol. The van der Waals surface area contributed by atoms with Gasteiger partial charge in [0.05, 0.1) is 12.1 Å². The number of hydrogen-bond donors (Lipinski definition) is 1. The van der Waals surface area contributed by atoms with Gasteiger partial charge in [0, 0.05) is 6.04 Å². The molecule has 1 unspecified atom stereocenters. The predicted molar refractivity (Wildman–Crippen MR) is 62.6 cm³/mol. The molecule has 1 heterocycles. The normalized spacial score (nSPS) is 21.1. The first-order valence-electron chi connectivity index (χ1n) is 6.18. The summed E-state index contributed by atoms with van der Waals surface area (Å²) in [7, 11) is 0. The molecule has 0 aromatic heterocycles. The summed E-state index contributed by atoms with van der Waals surface area (Å²) in [4.78, 5) is 2.52. The average molecular weight is 209 g/mol. The first-order valence-corrected chi connectivity index (χ1v) is 6.18. The Morgan fingerprint density at radius 2 is 2.07 bits per heavy atom. The summed E-state index contributed by atoms with van der Waals surface area (Å²) in [5, 5.41) is 12.3. The van der Waals surface area contributed by atoms with Gasteiger partial charge >= 0.3 is 0 Å². The Kier molecular flexibility index (Phi) is 5.67. The standard InChI is InChI=1S/C12H23N3/c1-3-7-15-8-5-12(6-9-15)14-11(4-2)10-13/h11-12,14H,3-9H2,1-2H3. The summed E-state index contributed by atoms with van der Waals surface area (Å²) in [6.45, 7) is 7.89. The lowest BCUT2D eigenvalue weighted by Crippen LogP contribution is -2.45. The summed E-state index contributed by atoms with van der Waals surface area (Å²) in [5.41, 5.74) is 0. The molecule has 0 radical (unpaired) electrons. The van der Waals surface area contributed by atoms with Crippen LogP contribution < -0.4 is 5.32 Å². The van der Waals surface area contributed by atoms with E-state index >= 15 is 0 Å². The molecule has 1 aliphatic heterocycles. The lowest BCUT2D eigenvalue weighted by Gasteiger charge is -2.33. The number of hydrogen-bond acceptors (Lipinski definition) is 3. The number of nitrogens with zero attached hydrogens (tertiary/aromatic N) is 2. The van der Waals surface area contributed by atoms with Crippen molar-refractivity contribution in [3.8, 4) is 6.07 Å². The van der Waals surface area contributed by atoms with E-state index in [4.69, 9.17) is 5.26 Å². The average Bonchev–Trinajstić information content (AvgIpc) is 2.28. The van der Waals surface area contributed by atoms with Gasteiger partial charge in [-0.1, -0.05) is 13.8 Å². The summed E-state index contributed by atoms with van der Waals surface area (Å²) in [6.07, 6.45) is 4.54. The maximum absolute atomic E-state index is 8.87. The van der Waals surface area contributed by atoms with Gasteiger partial charge in [-0.2, -0.15) is 5.26 Å². The van der Waals surface area contributed by atoms with Gasteiger partial charge in [-0.25, -0.2) is 0 Å². The lowest BCUT2D eigenvalue weighted by molar-refractivity contribution is 0.194. The molecule has 3 heteroatoms. The number of piperidine rings is 1. The summed E-state index contributed by atoms with van der Waals surface area (Å²) < 4.78 is 0. The van der Waals surface area contributed by atoms with Crippen molar-refractivity contribution >= 4 is 0 Å². The van der Waals surface area contributed by atoms with Crippen molar-refractivity contribution in [3.05, 3.63) is 0 Å². The van der Waals surface area contributed by atoms with Crippen LogP contribution in [0.15, 0.2) is 0 Å². The highest BCUT2D eigenvalue weighted by molar-refractivity contribution is 4.92. The smallest absolute Gasteiger partial charge is 0.0952 e. The minimum absolute atomic E-state index is 0.0488. The van der Waals surface area contributed by atoms with Gasteiger partial charge in [0.1, 0.15) is 0 Å². The maximum atomic E-state index is 8.87. The van der Waals surface area contributed by atoms with Crippen LogP contribution >= 0.6 is 0 Å². The number of rotatable bonds is 5. The fourth-order valence-corrected chi connectivity index (χ4v) is 2.17. The molecule has 86 valence electrons. The van der Waals surface area contributed by atoms with Crippen molar-refractivity contribution in [1.82, 2.24) is 10.2 Å². The van der Waals surface area contributed by atoms with E-state index in [2.05, 4.69) is 30.1 Å². The van der Waals surface area contributed by atoms with Crippen molar-refractivity contribution in [1.29, 1.82) is 5.26 Å². The van der Waals surface area contributed by atoms with Crippen LogP contribution in [0.25, 0.3) is 0 Å². The molecule has 0 amide bonds. The van der Waals surface area contributed by atoms with Gasteiger partial charge in [0.25, 0.3) is 0 Å². The summed E-state index contributed by atoms with van der Waals surface area (Å²) >= 11 is 0. The maximum Gasteiger partial charge on any atom is 0.0952 e. The Hall–Kier alpha value is -0.590. The van der Waals surface area contributed by atoms with Crippen molar-refractivity contribution < 1.29 is 0 Å². The van der Waals surface area contributed by atoms with Crippen LogP contribution in [-0.2, 0) is 0 Å². The molecule has 0 aromatic carbocycles. The van der Waals surface area contributed by atoms with E-state index in [0.717, 1.165) is 6.42 Å². The van der Waals surface area contributed by atoms with Crippen LogP contribution in [0.2, 0.25) is 0 Å². The molecule has 0 aliphatic carbocycles. The van der Waals surface area contributed by atoms with E-state index in [1.54, 1.807) is 0 Å². The fourth-order valence-electron chi connectivity index (χ4n) is 2.17. The van der Waals surface area contributed by atoms with Gasteiger partial charge in [-0.3, -0.25) is 5.32 Å². The summed E-state index contributed by atoms with van der Waals surface area (Å²) in [5.74, 6) is 0. The molecule has 1 rings (SSSR count). The molecule has 1 atom stereocenters. The first kappa shape index (κ1) is 12.5. The highest BCUT2D eigenvalue weighted by Gasteiger charge is 2.20.